The molecular weight excluding hydrogens is 364 g/mol. The molecule has 0 unspecified atom stereocenters. The highest BCUT2D eigenvalue weighted by atomic mass is 16.5. The van der Waals surface area contributed by atoms with Gasteiger partial charge in [-0.1, -0.05) is 19.8 Å². The summed E-state index contributed by atoms with van der Waals surface area (Å²) in [5.74, 6) is 0.249. The monoisotopic (exact) mass is 394 g/mol. The van der Waals surface area contributed by atoms with Gasteiger partial charge < -0.3 is 24.5 Å². The third kappa shape index (κ3) is 6.31. The lowest BCUT2D eigenvalue weighted by atomic mass is 10.3. The van der Waals surface area contributed by atoms with Crippen molar-refractivity contribution in [3.05, 3.63) is 6.33 Å². The van der Waals surface area contributed by atoms with Crippen LogP contribution in [0.5, 0.6) is 5.88 Å². The number of aromatic nitrogens is 4. The van der Waals surface area contributed by atoms with Gasteiger partial charge in [0, 0.05) is 6.54 Å². The van der Waals surface area contributed by atoms with E-state index in [0.29, 0.717) is 43.4 Å². The Morgan fingerprint density at radius 3 is 2.86 bits per heavy atom. The average Bonchev–Trinajstić information content (AvgIpc) is 3.07. The van der Waals surface area contributed by atoms with Crippen molar-refractivity contribution in [2.24, 2.45) is 0 Å². The number of rotatable bonds is 13. The number of esters is 1. The first kappa shape index (κ1) is 21.8. The van der Waals surface area contributed by atoms with Crippen LogP contribution < -0.4 is 15.8 Å². The second-order valence-electron chi connectivity index (χ2n) is 6.28. The number of hydrogen-bond acceptors (Lipinski definition) is 9. The lowest BCUT2D eigenvalue weighted by Gasteiger charge is -2.13. The Morgan fingerprint density at radius 2 is 2.11 bits per heavy atom. The molecule has 10 nitrogen and oxygen atoms in total. The molecule has 0 aliphatic carbocycles. The summed E-state index contributed by atoms with van der Waals surface area (Å²) in [6.45, 7) is 7.73. The Balaban J connectivity index is 1.86. The van der Waals surface area contributed by atoms with Gasteiger partial charge in [0.15, 0.2) is 11.2 Å². The highest BCUT2D eigenvalue weighted by Crippen LogP contribution is 2.22. The number of carbonyl (C=O) groups excluding carboxylic acids is 1. The summed E-state index contributed by atoms with van der Waals surface area (Å²) in [7, 11) is 0. The molecule has 156 valence electrons. The summed E-state index contributed by atoms with van der Waals surface area (Å²) in [4.78, 5) is 24.3. The molecule has 3 N–H and O–H groups in total. The Bertz CT molecular complexity index is 751. The number of nitrogens with two attached hydrogens (primary N) is 1. The third-order valence-corrected chi connectivity index (χ3v) is 4.04. The summed E-state index contributed by atoms with van der Waals surface area (Å²) < 4.78 is 18.0. The molecule has 1 atom stereocenters. The van der Waals surface area contributed by atoms with E-state index in [1.54, 1.807) is 20.2 Å². The zero-order chi connectivity index (χ0) is 20.4. The lowest BCUT2D eigenvalue weighted by molar-refractivity contribution is -0.145. The fourth-order valence-corrected chi connectivity index (χ4v) is 2.49. The zero-order valence-corrected chi connectivity index (χ0v) is 16.8. The number of unbranched alkanes of at least 4 members (excludes halogenated alkanes) is 2. The topological polar surface area (TPSA) is 126 Å². The number of nitrogen functional groups attached to an aromatic ring is 1. The van der Waals surface area contributed by atoms with Crippen LogP contribution in [0.1, 0.15) is 40.0 Å². The molecule has 2 aromatic heterocycles. The van der Waals surface area contributed by atoms with Crippen LogP contribution in [0.15, 0.2) is 6.33 Å². The van der Waals surface area contributed by atoms with Gasteiger partial charge in [-0.25, -0.2) is 4.98 Å². The van der Waals surface area contributed by atoms with E-state index in [1.165, 1.54) is 0 Å². The number of ether oxygens (including phenoxy) is 3. The Labute approximate surface area is 164 Å². The first-order valence-electron chi connectivity index (χ1n) is 9.65. The number of anilines is 1. The SMILES string of the molecule is CCCCCOc1nc(N)nc2c1ncn2CCOCN[C@@H](C)C(=O)OCC. The quantitative estimate of drug-likeness (QED) is 0.295. The molecule has 0 radical (unpaired) electrons. The van der Waals surface area contributed by atoms with Crippen LogP contribution in [0.4, 0.5) is 5.95 Å². The molecule has 0 bridgehead atoms. The first-order chi connectivity index (χ1) is 13.6. The van der Waals surface area contributed by atoms with Crippen molar-refractivity contribution in [3.8, 4) is 5.88 Å². The summed E-state index contributed by atoms with van der Waals surface area (Å²) in [5, 5.41) is 2.95. The van der Waals surface area contributed by atoms with Crippen molar-refractivity contribution < 1.29 is 19.0 Å². The van der Waals surface area contributed by atoms with Gasteiger partial charge in [0.1, 0.15) is 6.04 Å². The van der Waals surface area contributed by atoms with Crippen LogP contribution in [-0.4, -0.2) is 58.1 Å². The first-order valence-corrected chi connectivity index (χ1v) is 9.65. The van der Waals surface area contributed by atoms with Crippen molar-refractivity contribution in [3.63, 3.8) is 0 Å². The maximum absolute atomic E-state index is 11.5. The molecule has 0 saturated carbocycles. The molecule has 28 heavy (non-hydrogen) atoms. The molecule has 0 aromatic carbocycles. The van der Waals surface area contributed by atoms with Crippen molar-refractivity contribution in [2.45, 2.75) is 52.6 Å². The molecule has 0 aliphatic heterocycles. The van der Waals surface area contributed by atoms with Crippen LogP contribution in [0.2, 0.25) is 0 Å². The fourth-order valence-electron chi connectivity index (χ4n) is 2.49. The van der Waals surface area contributed by atoms with Gasteiger partial charge in [0.05, 0.1) is 32.9 Å². The highest BCUT2D eigenvalue weighted by molar-refractivity contribution is 5.77. The standard InChI is InChI=1S/C18H30N6O4/c1-4-6-7-9-28-16-14-15(22-18(19)23-16)24(11-20-14)8-10-26-12-21-13(3)17(25)27-5-2/h11,13,21H,4-10,12H2,1-3H3,(H2,19,22,23)/t13-/m0/s1. The molecule has 0 aliphatic rings. The maximum atomic E-state index is 11.5. The lowest BCUT2D eigenvalue weighted by Crippen LogP contribution is -2.37. The molecule has 0 amide bonds. The Hall–Kier alpha value is -2.46. The summed E-state index contributed by atoms with van der Waals surface area (Å²) >= 11 is 0. The summed E-state index contributed by atoms with van der Waals surface area (Å²) in [6, 6.07) is -0.422. The molecular formula is C18H30N6O4. The van der Waals surface area contributed by atoms with E-state index in [2.05, 4.69) is 27.2 Å². The number of nitrogens with zero attached hydrogens (tertiary/aromatic N) is 4. The number of fused-ring (bicyclic) bond motifs is 1. The second kappa shape index (κ2) is 11.4. The normalized spacial score (nSPS) is 12.2. The van der Waals surface area contributed by atoms with E-state index >= 15 is 0 Å². The smallest absolute Gasteiger partial charge is 0.322 e. The number of carbonyl (C=O) groups is 1. The molecule has 10 heteroatoms. The predicted octanol–water partition coefficient (Wildman–Crippen LogP) is 1.49. The molecule has 2 heterocycles. The highest BCUT2D eigenvalue weighted by Gasteiger charge is 2.14. The minimum atomic E-state index is -0.422. The van der Waals surface area contributed by atoms with E-state index in [1.807, 2.05) is 4.57 Å². The van der Waals surface area contributed by atoms with E-state index in [4.69, 9.17) is 19.9 Å². The van der Waals surface area contributed by atoms with Gasteiger partial charge in [-0.3, -0.25) is 10.1 Å². The van der Waals surface area contributed by atoms with Crippen LogP contribution in [0.3, 0.4) is 0 Å². The van der Waals surface area contributed by atoms with E-state index in [-0.39, 0.29) is 18.6 Å². The molecule has 2 rings (SSSR count). The number of nitrogens with one attached hydrogen (secondary N) is 1. The van der Waals surface area contributed by atoms with E-state index in [0.717, 1.165) is 19.3 Å². The van der Waals surface area contributed by atoms with E-state index < -0.39 is 6.04 Å². The van der Waals surface area contributed by atoms with Gasteiger partial charge >= 0.3 is 5.97 Å². The molecule has 0 fully saturated rings. The largest absolute Gasteiger partial charge is 0.476 e. The predicted molar refractivity (Wildman–Crippen MR) is 105 cm³/mol. The van der Waals surface area contributed by atoms with Crippen LogP contribution in [-0.2, 0) is 20.8 Å². The average molecular weight is 394 g/mol. The van der Waals surface area contributed by atoms with Crippen LogP contribution in [0, 0.1) is 0 Å². The summed E-state index contributed by atoms with van der Waals surface area (Å²) in [5.41, 5.74) is 7.01. The second-order valence-corrected chi connectivity index (χ2v) is 6.28. The van der Waals surface area contributed by atoms with Crippen molar-refractivity contribution >= 4 is 23.1 Å². The Morgan fingerprint density at radius 1 is 1.29 bits per heavy atom. The van der Waals surface area contributed by atoms with Gasteiger partial charge in [-0.2, -0.15) is 9.97 Å². The van der Waals surface area contributed by atoms with Gasteiger partial charge in [0.2, 0.25) is 11.8 Å². The zero-order valence-electron chi connectivity index (χ0n) is 16.8. The Kier molecular flexibility index (Phi) is 8.89. The molecule has 0 saturated heterocycles. The van der Waals surface area contributed by atoms with Crippen molar-refractivity contribution in [2.75, 3.05) is 32.3 Å². The number of hydrogen-bond donors (Lipinski definition) is 2. The van der Waals surface area contributed by atoms with E-state index in [9.17, 15) is 4.79 Å². The third-order valence-electron chi connectivity index (χ3n) is 4.04. The van der Waals surface area contributed by atoms with Gasteiger partial charge in [0.25, 0.3) is 0 Å². The van der Waals surface area contributed by atoms with Crippen molar-refractivity contribution in [1.29, 1.82) is 0 Å². The maximum Gasteiger partial charge on any atom is 0.322 e. The van der Waals surface area contributed by atoms with Crippen LogP contribution in [0.25, 0.3) is 11.2 Å². The molecule has 2 aromatic rings. The minimum absolute atomic E-state index is 0.144. The summed E-state index contributed by atoms with van der Waals surface area (Å²) in [6.07, 6.45) is 4.83. The van der Waals surface area contributed by atoms with Crippen molar-refractivity contribution in [1.82, 2.24) is 24.8 Å². The minimum Gasteiger partial charge on any atom is -0.476 e. The van der Waals surface area contributed by atoms with Gasteiger partial charge in [-0.05, 0) is 20.3 Å². The van der Waals surface area contributed by atoms with Crippen LogP contribution >= 0.6 is 0 Å². The van der Waals surface area contributed by atoms with Gasteiger partial charge in [-0.15, -0.1) is 0 Å². The fraction of sp³-hybridized carbons (Fsp3) is 0.667. The molecule has 0 spiro atoms. The number of imidazole rings is 1.